The lowest BCUT2D eigenvalue weighted by molar-refractivity contribution is -0.139. The van der Waals surface area contributed by atoms with Crippen LogP contribution in [0.5, 0.6) is 0 Å². The number of rotatable bonds is 5. The molecule has 0 radical (unpaired) electrons. The Morgan fingerprint density at radius 3 is 2.84 bits per heavy atom. The zero-order valence-corrected chi connectivity index (χ0v) is 15.1. The average Bonchev–Trinajstić information content (AvgIpc) is 3.14. The molecule has 3 rings (SSSR count). The number of aryl methyl sites for hydroxylation is 1. The zero-order chi connectivity index (χ0) is 18.0. The summed E-state index contributed by atoms with van der Waals surface area (Å²) in [5.41, 5.74) is 1.56. The van der Waals surface area contributed by atoms with Crippen LogP contribution in [0.25, 0.3) is 0 Å². The topological polar surface area (TPSA) is 109 Å². The van der Waals surface area contributed by atoms with Crippen molar-refractivity contribution in [3.63, 3.8) is 0 Å². The number of carbonyl (C=O) groups is 3. The van der Waals surface area contributed by atoms with Gasteiger partial charge in [-0.25, -0.2) is 4.79 Å². The number of urea groups is 1. The highest BCUT2D eigenvalue weighted by Crippen LogP contribution is 2.35. The fraction of sp³-hybridized carbons (Fsp3) is 0.667. The minimum atomic E-state index is -0.855. The van der Waals surface area contributed by atoms with E-state index in [1.807, 2.05) is 11.5 Å². The van der Waals surface area contributed by atoms with E-state index in [0.29, 0.717) is 30.5 Å². The maximum atomic E-state index is 12.7. The quantitative estimate of drug-likeness (QED) is 0.592. The first-order valence-electron chi connectivity index (χ1n) is 8.42. The number of imide groups is 1. The van der Waals surface area contributed by atoms with Crippen molar-refractivity contribution >= 4 is 29.6 Å². The van der Waals surface area contributed by atoms with Crippen LogP contribution in [0.4, 0.5) is 4.79 Å². The first-order chi connectivity index (χ1) is 11.9. The number of hydrogen-bond acceptors (Lipinski definition) is 6. The van der Waals surface area contributed by atoms with Crippen LogP contribution in [0.1, 0.15) is 39.5 Å². The van der Waals surface area contributed by atoms with Gasteiger partial charge in [0.1, 0.15) is 11.9 Å². The Bertz CT molecular complexity index is 683. The Morgan fingerprint density at radius 2 is 2.16 bits per heavy atom. The normalized spacial score (nSPS) is 26.2. The molecule has 1 aromatic heterocycles. The fourth-order valence-electron chi connectivity index (χ4n) is 3.18. The smallest absolute Gasteiger partial charge is 0.322 e. The molecule has 0 bridgehead atoms. The van der Waals surface area contributed by atoms with Crippen LogP contribution in [0.15, 0.2) is 11.5 Å². The van der Waals surface area contributed by atoms with Crippen LogP contribution in [0.2, 0.25) is 0 Å². The second-order valence-electron chi connectivity index (χ2n) is 6.56. The molecule has 0 atom stereocenters. The maximum absolute atomic E-state index is 12.7. The van der Waals surface area contributed by atoms with E-state index in [4.69, 9.17) is 0 Å². The Labute approximate surface area is 149 Å². The van der Waals surface area contributed by atoms with E-state index in [0.717, 1.165) is 17.9 Å². The zero-order valence-electron chi connectivity index (χ0n) is 14.3. The van der Waals surface area contributed by atoms with Gasteiger partial charge in [0.05, 0.1) is 5.75 Å². The molecule has 1 spiro atoms. The molecule has 0 unspecified atom stereocenters. The molecule has 2 fully saturated rings. The molecule has 4 amide bonds. The van der Waals surface area contributed by atoms with Crippen molar-refractivity contribution < 1.29 is 14.4 Å². The summed E-state index contributed by atoms with van der Waals surface area (Å²) in [6.07, 6.45) is 4.58. The van der Waals surface area contributed by atoms with E-state index in [1.54, 1.807) is 6.33 Å². The predicted molar refractivity (Wildman–Crippen MR) is 90.3 cm³/mol. The van der Waals surface area contributed by atoms with E-state index in [-0.39, 0.29) is 11.7 Å². The lowest BCUT2D eigenvalue weighted by Gasteiger charge is -2.33. The molecule has 25 heavy (non-hydrogen) atoms. The number of aromatic nitrogens is 3. The number of nitrogens with zero attached hydrogens (tertiary/aromatic N) is 4. The average molecular weight is 366 g/mol. The molecule has 2 heterocycles. The molecule has 136 valence electrons. The number of hydrazine groups is 1. The molecule has 1 saturated heterocycles. The Kier molecular flexibility index (Phi) is 4.98. The van der Waals surface area contributed by atoms with Gasteiger partial charge in [0, 0.05) is 6.54 Å². The van der Waals surface area contributed by atoms with Crippen LogP contribution < -0.4 is 10.7 Å². The van der Waals surface area contributed by atoms with Crippen LogP contribution in [-0.4, -0.2) is 48.9 Å². The molecule has 2 N–H and O–H groups in total. The molecule has 1 aliphatic carbocycles. The van der Waals surface area contributed by atoms with E-state index in [2.05, 4.69) is 27.9 Å². The minimum Gasteiger partial charge on any atom is -0.322 e. The Hall–Kier alpha value is -2.10. The first kappa shape index (κ1) is 17.7. The van der Waals surface area contributed by atoms with E-state index in [9.17, 15) is 14.4 Å². The third-order valence-electron chi connectivity index (χ3n) is 4.78. The van der Waals surface area contributed by atoms with Crippen molar-refractivity contribution in [3.05, 3.63) is 6.33 Å². The molecule has 2 aliphatic rings. The Morgan fingerprint density at radius 1 is 1.44 bits per heavy atom. The van der Waals surface area contributed by atoms with E-state index >= 15 is 0 Å². The van der Waals surface area contributed by atoms with Crippen LogP contribution in [0.3, 0.4) is 0 Å². The molecular weight excluding hydrogens is 344 g/mol. The first-order valence-corrected chi connectivity index (χ1v) is 9.40. The summed E-state index contributed by atoms with van der Waals surface area (Å²) in [5.74, 6) is -0.203. The highest BCUT2D eigenvalue weighted by molar-refractivity contribution is 7.99. The van der Waals surface area contributed by atoms with E-state index in [1.165, 1.54) is 11.8 Å². The molecule has 0 aromatic carbocycles. The van der Waals surface area contributed by atoms with Gasteiger partial charge in [0.2, 0.25) is 5.91 Å². The number of nitrogens with one attached hydrogen (secondary N) is 2. The van der Waals surface area contributed by atoms with Crippen molar-refractivity contribution in [3.8, 4) is 0 Å². The van der Waals surface area contributed by atoms with Gasteiger partial charge in [-0.2, -0.15) is 5.01 Å². The molecule has 9 nitrogen and oxygen atoms in total. The Balaban J connectivity index is 1.58. The second-order valence-corrected chi connectivity index (χ2v) is 7.50. The van der Waals surface area contributed by atoms with Gasteiger partial charge in [-0.05, 0) is 38.5 Å². The van der Waals surface area contributed by atoms with Gasteiger partial charge in [-0.3, -0.25) is 15.0 Å². The second kappa shape index (κ2) is 7.03. The summed E-state index contributed by atoms with van der Waals surface area (Å²) >= 11 is 1.21. The summed E-state index contributed by atoms with van der Waals surface area (Å²) in [6.45, 7) is 4.79. The van der Waals surface area contributed by atoms with Crippen molar-refractivity contribution in [2.45, 2.75) is 56.8 Å². The van der Waals surface area contributed by atoms with Gasteiger partial charge in [0.15, 0.2) is 5.16 Å². The lowest BCUT2D eigenvalue weighted by Crippen LogP contribution is -2.51. The highest BCUT2D eigenvalue weighted by Gasteiger charge is 2.52. The predicted octanol–water partition coefficient (Wildman–Crippen LogP) is 0.922. The van der Waals surface area contributed by atoms with Gasteiger partial charge >= 0.3 is 6.03 Å². The molecular formula is C15H22N6O3S. The van der Waals surface area contributed by atoms with E-state index < -0.39 is 17.5 Å². The molecule has 1 aromatic rings. The molecule has 10 heteroatoms. The summed E-state index contributed by atoms with van der Waals surface area (Å²) < 4.78 is 1.81. The molecule has 1 aliphatic heterocycles. The van der Waals surface area contributed by atoms with Crippen LogP contribution in [-0.2, 0) is 16.1 Å². The SMILES string of the molecule is CCn1cnnc1SCC(=O)NN1C(=O)NC2(CCC(C)CC2)C1=O. The number of thioether (sulfide) groups is 1. The number of hydrogen-bond donors (Lipinski definition) is 2. The number of amides is 4. The van der Waals surface area contributed by atoms with Crippen molar-refractivity contribution in [2.75, 3.05) is 5.75 Å². The van der Waals surface area contributed by atoms with Gasteiger partial charge in [-0.1, -0.05) is 18.7 Å². The van der Waals surface area contributed by atoms with Gasteiger partial charge < -0.3 is 9.88 Å². The standard InChI is InChI=1S/C15H22N6O3S/c1-3-20-9-16-18-14(20)25-8-11(22)19-21-12(23)15(17-13(21)24)6-4-10(2)5-7-15/h9-10H,3-8H2,1-2H3,(H,17,24)(H,19,22). The third kappa shape index (κ3) is 3.48. The number of carbonyl (C=O) groups excluding carboxylic acids is 3. The summed E-state index contributed by atoms with van der Waals surface area (Å²) in [4.78, 5) is 37.0. The minimum absolute atomic E-state index is 0.0415. The highest BCUT2D eigenvalue weighted by atomic mass is 32.2. The summed E-state index contributed by atoms with van der Waals surface area (Å²) in [5, 5.41) is 11.9. The van der Waals surface area contributed by atoms with Gasteiger partial charge in [0.25, 0.3) is 5.91 Å². The third-order valence-corrected chi connectivity index (χ3v) is 5.76. The molecule has 1 saturated carbocycles. The monoisotopic (exact) mass is 366 g/mol. The van der Waals surface area contributed by atoms with Crippen molar-refractivity contribution in [1.29, 1.82) is 0 Å². The van der Waals surface area contributed by atoms with Crippen molar-refractivity contribution in [2.24, 2.45) is 5.92 Å². The lowest BCUT2D eigenvalue weighted by atomic mass is 9.77. The summed E-state index contributed by atoms with van der Waals surface area (Å²) in [7, 11) is 0. The van der Waals surface area contributed by atoms with Crippen LogP contribution >= 0.6 is 11.8 Å². The maximum Gasteiger partial charge on any atom is 0.344 e. The summed E-state index contributed by atoms with van der Waals surface area (Å²) in [6, 6.07) is -0.561. The van der Waals surface area contributed by atoms with Gasteiger partial charge in [-0.15, -0.1) is 10.2 Å². The largest absolute Gasteiger partial charge is 0.344 e. The van der Waals surface area contributed by atoms with Crippen LogP contribution in [0, 0.1) is 5.92 Å². The fourth-order valence-corrected chi connectivity index (χ4v) is 3.95. The van der Waals surface area contributed by atoms with Crippen molar-refractivity contribution in [1.82, 2.24) is 30.5 Å².